The highest BCUT2D eigenvalue weighted by molar-refractivity contribution is 8.13. The molecule has 45 heavy (non-hydrogen) atoms. The van der Waals surface area contributed by atoms with Gasteiger partial charge in [0.25, 0.3) is 17.7 Å². The lowest BCUT2D eigenvalue weighted by Crippen LogP contribution is -2.33. The quantitative estimate of drug-likeness (QED) is 0.0746. The molecule has 0 fully saturated rings. The molecular formula is C29H37Cl2N9O3S2. The predicted molar refractivity (Wildman–Crippen MR) is 193 cm³/mol. The van der Waals surface area contributed by atoms with Gasteiger partial charge in [0.1, 0.15) is 11.4 Å². The number of halogens is 2. The summed E-state index contributed by atoms with van der Waals surface area (Å²) in [6.07, 6.45) is 3.86. The number of fused-ring (bicyclic) bond motifs is 2. The molecule has 0 atom stereocenters. The second-order valence-corrected chi connectivity index (χ2v) is 10.8. The summed E-state index contributed by atoms with van der Waals surface area (Å²) in [5.41, 5.74) is 3.40. The van der Waals surface area contributed by atoms with E-state index in [0.29, 0.717) is 48.8 Å². The Hall–Kier alpha value is -3.85. The van der Waals surface area contributed by atoms with Crippen molar-refractivity contribution in [1.82, 2.24) is 31.2 Å². The highest BCUT2D eigenvalue weighted by Gasteiger charge is 2.14. The predicted octanol–water partition coefficient (Wildman–Crippen LogP) is 4.08. The Morgan fingerprint density at radius 3 is 1.69 bits per heavy atom. The minimum atomic E-state index is -0.323. The number of H-pyrrole nitrogens is 2. The summed E-state index contributed by atoms with van der Waals surface area (Å²) in [4.78, 5) is 52.7. The summed E-state index contributed by atoms with van der Waals surface area (Å²) in [6, 6.07) is 14.1. The van der Waals surface area contributed by atoms with Gasteiger partial charge in [0.2, 0.25) is 0 Å². The first-order valence-corrected chi connectivity index (χ1v) is 15.9. The summed E-state index contributed by atoms with van der Waals surface area (Å²) in [5, 5.41) is 18.1. The molecule has 0 saturated carbocycles. The molecule has 12 nitrogen and oxygen atoms in total. The summed E-state index contributed by atoms with van der Waals surface area (Å²) in [6.45, 7) is 2.01. The summed E-state index contributed by atoms with van der Waals surface area (Å²) in [5.74, 6) is -0.743. The van der Waals surface area contributed by atoms with E-state index in [0.717, 1.165) is 32.1 Å². The molecule has 0 saturated heterocycles. The number of benzene rings is 2. The summed E-state index contributed by atoms with van der Waals surface area (Å²) in [7, 11) is 3.42. The lowest BCUT2D eigenvalue weighted by molar-refractivity contribution is 0.0944. The van der Waals surface area contributed by atoms with Gasteiger partial charge in [-0.25, -0.2) is 0 Å². The van der Waals surface area contributed by atoms with E-state index in [1.807, 2.05) is 18.6 Å². The van der Waals surface area contributed by atoms with E-state index in [9.17, 15) is 14.4 Å². The smallest absolute Gasteiger partial charge is 0.272 e. The van der Waals surface area contributed by atoms with E-state index in [4.69, 9.17) is 0 Å². The number of aliphatic imine (C=N–C) groups is 2. The van der Waals surface area contributed by atoms with Crippen molar-refractivity contribution in [3.05, 3.63) is 65.5 Å². The van der Waals surface area contributed by atoms with E-state index in [1.54, 1.807) is 56.6 Å². The average Bonchev–Trinajstić information content (AvgIpc) is 3.65. The third kappa shape index (κ3) is 10.1. The van der Waals surface area contributed by atoms with Crippen LogP contribution in [-0.4, -0.2) is 90.8 Å². The van der Waals surface area contributed by atoms with Gasteiger partial charge < -0.3 is 36.6 Å². The molecule has 0 bridgehead atoms. The lowest BCUT2D eigenvalue weighted by Gasteiger charge is -2.08. The molecule has 0 unspecified atom stereocenters. The molecule has 0 aliphatic heterocycles. The molecule has 242 valence electrons. The summed E-state index contributed by atoms with van der Waals surface area (Å²) >= 11 is 3.01. The molecule has 0 aliphatic carbocycles. The van der Waals surface area contributed by atoms with Crippen LogP contribution >= 0.6 is 48.3 Å². The molecule has 16 heteroatoms. The number of nitrogens with zero attached hydrogens (tertiary/aromatic N) is 2. The number of rotatable bonds is 10. The minimum absolute atomic E-state index is 0. The molecule has 2 aromatic heterocycles. The molecule has 4 rings (SSSR count). The van der Waals surface area contributed by atoms with Gasteiger partial charge in [0, 0.05) is 73.3 Å². The zero-order valence-electron chi connectivity index (χ0n) is 25.2. The average molecular weight is 695 g/mol. The standard InChI is InChI=1S/C29H35N9O3S2.2ClH/c1-30-28(42-3)34-11-9-32-25(39)17-5-7-21-18(13-17)15-24(38-21)27(41)36-20-6-8-22-19(14-20)16-23(37-22)26(40)33-10-12-35-29(31-2)43-4;;/h5-8,13-16,37-38H,9-12H2,1-4H3,(H,30,34)(H,31,35)(H,32,39)(H,33,40)(H,36,41);2*1H. The maximum atomic E-state index is 13.0. The monoisotopic (exact) mass is 693 g/mol. The third-order valence-electron chi connectivity index (χ3n) is 6.42. The number of aromatic amines is 2. The van der Waals surface area contributed by atoms with Gasteiger partial charge in [-0.2, -0.15) is 0 Å². The van der Waals surface area contributed by atoms with Crippen molar-refractivity contribution in [3.63, 3.8) is 0 Å². The molecule has 0 spiro atoms. The van der Waals surface area contributed by atoms with E-state index in [1.165, 1.54) is 23.5 Å². The fourth-order valence-electron chi connectivity index (χ4n) is 4.30. The number of carbonyl (C=O) groups is 3. The van der Waals surface area contributed by atoms with Crippen LogP contribution in [0.4, 0.5) is 5.69 Å². The number of hydrogen-bond donors (Lipinski definition) is 7. The van der Waals surface area contributed by atoms with Crippen molar-refractivity contribution in [3.8, 4) is 0 Å². The van der Waals surface area contributed by atoms with E-state index in [-0.39, 0.29) is 42.5 Å². The normalized spacial score (nSPS) is 11.4. The van der Waals surface area contributed by atoms with Gasteiger partial charge in [-0.3, -0.25) is 24.4 Å². The molecule has 4 aromatic rings. The molecule has 0 aliphatic rings. The Balaban J connectivity index is 0.00000353. The number of amides is 3. The zero-order chi connectivity index (χ0) is 30.8. The number of carbonyl (C=O) groups excluding carboxylic acids is 3. The van der Waals surface area contributed by atoms with Crippen molar-refractivity contribution >= 4 is 104 Å². The van der Waals surface area contributed by atoms with Gasteiger partial charge in [-0.1, -0.05) is 23.5 Å². The maximum Gasteiger partial charge on any atom is 0.272 e. The van der Waals surface area contributed by atoms with Crippen molar-refractivity contribution in [2.75, 3.05) is 58.1 Å². The topological polar surface area (TPSA) is 168 Å². The van der Waals surface area contributed by atoms with Gasteiger partial charge >= 0.3 is 0 Å². The largest absolute Gasteiger partial charge is 0.363 e. The van der Waals surface area contributed by atoms with Crippen LogP contribution in [-0.2, 0) is 0 Å². The first-order chi connectivity index (χ1) is 20.8. The van der Waals surface area contributed by atoms with E-state index >= 15 is 0 Å². The third-order valence-corrected chi connectivity index (χ3v) is 7.84. The van der Waals surface area contributed by atoms with Crippen LogP contribution in [0.2, 0.25) is 0 Å². The van der Waals surface area contributed by atoms with Gasteiger partial charge in [-0.15, -0.1) is 24.8 Å². The van der Waals surface area contributed by atoms with Crippen molar-refractivity contribution in [2.45, 2.75) is 0 Å². The Bertz CT molecular complexity index is 1690. The first kappa shape index (κ1) is 37.3. The molecule has 7 N–H and O–H groups in total. The van der Waals surface area contributed by atoms with E-state index < -0.39 is 0 Å². The Morgan fingerprint density at radius 1 is 0.644 bits per heavy atom. The molecule has 2 aromatic carbocycles. The van der Waals surface area contributed by atoms with Crippen LogP contribution in [0, 0.1) is 0 Å². The maximum absolute atomic E-state index is 13.0. The van der Waals surface area contributed by atoms with Gasteiger partial charge in [0.05, 0.1) is 0 Å². The van der Waals surface area contributed by atoms with Crippen LogP contribution in [0.1, 0.15) is 31.3 Å². The van der Waals surface area contributed by atoms with E-state index in [2.05, 4.69) is 46.5 Å². The van der Waals surface area contributed by atoms with Crippen LogP contribution < -0.4 is 26.6 Å². The Morgan fingerprint density at radius 2 is 1.13 bits per heavy atom. The summed E-state index contributed by atoms with van der Waals surface area (Å²) < 4.78 is 0. The SMILES string of the molecule is CN=C(NCCNC(=O)c1ccc2[nH]c(C(=O)Nc3ccc4[nH]c(C(=O)NCCNC(=NC)SC)cc4c3)cc2c1)SC.Cl.Cl. The van der Waals surface area contributed by atoms with Gasteiger partial charge in [-0.05, 0) is 61.0 Å². The second-order valence-electron chi connectivity index (χ2n) is 9.26. The number of nitrogens with one attached hydrogen (secondary N) is 7. The van der Waals surface area contributed by atoms with Crippen molar-refractivity contribution in [2.24, 2.45) is 9.98 Å². The number of anilines is 1. The molecular weight excluding hydrogens is 657 g/mol. The van der Waals surface area contributed by atoms with Crippen molar-refractivity contribution in [1.29, 1.82) is 0 Å². The minimum Gasteiger partial charge on any atom is -0.363 e. The highest BCUT2D eigenvalue weighted by atomic mass is 35.5. The number of hydrogen-bond acceptors (Lipinski definition) is 7. The Labute approximate surface area is 282 Å². The molecule has 0 radical (unpaired) electrons. The number of amidine groups is 2. The number of thioether (sulfide) groups is 2. The molecule has 3 amide bonds. The number of aromatic nitrogens is 2. The van der Waals surface area contributed by atoms with Crippen LogP contribution in [0.5, 0.6) is 0 Å². The first-order valence-electron chi connectivity index (χ1n) is 13.5. The van der Waals surface area contributed by atoms with Gasteiger partial charge in [0.15, 0.2) is 10.3 Å². The molecule has 2 heterocycles. The zero-order valence-corrected chi connectivity index (χ0v) is 28.5. The fraction of sp³-hybridized carbons (Fsp3) is 0.276. The second kappa shape index (κ2) is 18.2. The Kier molecular flexibility index (Phi) is 15.1. The van der Waals surface area contributed by atoms with Crippen LogP contribution in [0.25, 0.3) is 21.8 Å². The fourth-order valence-corrected chi connectivity index (χ4v) is 5.16. The highest BCUT2D eigenvalue weighted by Crippen LogP contribution is 2.22. The van der Waals surface area contributed by atoms with Crippen LogP contribution in [0.15, 0.2) is 58.5 Å². The van der Waals surface area contributed by atoms with Crippen molar-refractivity contribution < 1.29 is 14.4 Å². The van der Waals surface area contributed by atoms with Crippen LogP contribution in [0.3, 0.4) is 0 Å². The lowest BCUT2D eigenvalue weighted by atomic mass is 10.1.